The van der Waals surface area contributed by atoms with Gasteiger partial charge in [-0.3, -0.25) is 9.59 Å². The number of benzene rings is 2. The van der Waals surface area contributed by atoms with E-state index in [0.29, 0.717) is 23.0 Å². The Kier molecular flexibility index (Phi) is 6.58. The smallest absolute Gasteiger partial charge is 0.294 e. The summed E-state index contributed by atoms with van der Waals surface area (Å²) in [7, 11) is 3.11. The van der Waals surface area contributed by atoms with Crippen LogP contribution in [0.3, 0.4) is 0 Å². The van der Waals surface area contributed by atoms with Crippen molar-refractivity contribution in [1.82, 2.24) is 9.55 Å². The number of carbonyl (C=O) groups is 1. The van der Waals surface area contributed by atoms with Crippen LogP contribution >= 0.6 is 0 Å². The molecule has 8 nitrogen and oxygen atoms in total. The highest BCUT2D eigenvalue weighted by Crippen LogP contribution is 2.29. The predicted molar refractivity (Wildman–Crippen MR) is 125 cm³/mol. The number of nitrogens with zero attached hydrogens (tertiary/aromatic N) is 3. The Morgan fingerprint density at radius 2 is 1.84 bits per heavy atom. The zero-order valence-corrected chi connectivity index (χ0v) is 18.5. The Labute approximate surface area is 186 Å². The van der Waals surface area contributed by atoms with Crippen LogP contribution in [-0.2, 0) is 11.3 Å². The van der Waals surface area contributed by atoms with Crippen molar-refractivity contribution in [1.29, 1.82) is 0 Å². The first-order chi connectivity index (χ1) is 15.6. The van der Waals surface area contributed by atoms with E-state index in [0.717, 1.165) is 37.0 Å². The molecule has 0 atom stereocenters. The molecular weight excluding hydrogens is 408 g/mol. The standard InChI is InChI=1S/C24H28N4O4/c1-31-17-10-11-21(32-2)19(16-17)25-22(29)12-15-28-20-9-5-4-8-18(20)26-23(24(28)30)27-13-6-3-7-14-27/h4-5,8-11,16H,3,6-7,12-15H2,1-2H3,(H,25,29). The van der Waals surface area contributed by atoms with Crippen LogP contribution in [0, 0.1) is 0 Å². The zero-order valence-electron chi connectivity index (χ0n) is 18.5. The minimum absolute atomic E-state index is 0.133. The molecular formula is C24H28N4O4. The van der Waals surface area contributed by atoms with Gasteiger partial charge >= 0.3 is 0 Å². The first-order valence-electron chi connectivity index (χ1n) is 10.9. The second-order valence-electron chi connectivity index (χ2n) is 7.79. The third kappa shape index (κ3) is 4.54. The van der Waals surface area contributed by atoms with Gasteiger partial charge in [0, 0.05) is 32.1 Å². The first kappa shape index (κ1) is 21.7. The Hall–Kier alpha value is -3.55. The molecule has 0 bridgehead atoms. The molecule has 2 aromatic carbocycles. The number of ether oxygens (including phenoxy) is 2. The lowest BCUT2D eigenvalue weighted by atomic mass is 10.1. The maximum atomic E-state index is 13.3. The number of piperidine rings is 1. The van der Waals surface area contributed by atoms with Gasteiger partial charge in [0.1, 0.15) is 11.5 Å². The van der Waals surface area contributed by atoms with E-state index >= 15 is 0 Å². The molecule has 1 aromatic heterocycles. The number of amides is 1. The molecule has 168 valence electrons. The molecule has 0 aliphatic carbocycles. The summed E-state index contributed by atoms with van der Waals surface area (Å²) in [4.78, 5) is 32.8. The molecule has 1 N–H and O–H groups in total. The van der Waals surface area contributed by atoms with E-state index in [9.17, 15) is 9.59 Å². The molecule has 0 unspecified atom stereocenters. The van der Waals surface area contributed by atoms with Crippen LogP contribution in [-0.4, -0.2) is 42.8 Å². The maximum Gasteiger partial charge on any atom is 0.294 e. The summed E-state index contributed by atoms with van der Waals surface area (Å²) in [5, 5.41) is 2.87. The average Bonchev–Trinajstić information content (AvgIpc) is 2.83. The van der Waals surface area contributed by atoms with Crippen LogP contribution in [0.2, 0.25) is 0 Å². The number of aryl methyl sites for hydroxylation is 1. The summed E-state index contributed by atoms with van der Waals surface area (Å²) < 4.78 is 12.2. The largest absolute Gasteiger partial charge is 0.497 e. The normalized spacial score (nSPS) is 13.8. The van der Waals surface area contributed by atoms with Crippen molar-refractivity contribution in [3.63, 3.8) is 0 Å². The molecule has 3 aromatic rings. The van der Waals surface area contributed by atoms with Crippen LogP contribution in [0.5, 0.6) is 11.5 Å². The van der Waals surface area contributed by atoms with E-state index < -0.39 is 0 Å². The molecule has 0 saturated carbocycles. The fourth-order valence-electron chi connectivity index (χ4n) is 4.05. The number of fused-ring (bicyclic) bond motifs is 1. The van der Waals surface area contributed by atoms with Gasteiger partial charge in [0.2, 0.25) is 5.91 Å². The monoisotopic (exact) mass is 436 g/mol. The van der Waals surface area contributed by atoms with Crippen LogP contribution in [0.1, 0.15) is 25.7 Å². The molecule has 1 saturated heterocycles. The fourth-order valence-corrected chi connectivity index (χ4v) is 4.05. The molecule has 2 heterocycles. The van der Waals surface area contributed by atoms with E-state index in [-0.39, 0.29) is 24.4 Å². The van der Waals surface area contributed by atoms with Crippen molar-refractivity contribution in [3.05, 3.63) is 52.8 Å². The summed E-state index contributed by atoms with van der Waals surface area (Å²) in [5.74, 6) is 1.41. The number of hydrogen-bond acceptors (Lipinski definition) is 6. The molecule has 1 aliphatic heterocycles. The quantitative estimate of drug-likeness (QED) is 0.611. The van der Waals surface area contributed by atoms with Crippen molar-refractivity contribution in [2.75, 3.05) is 37.5 Å². The lowest BCUT2D eigenvalue weighted by Crippen LogP contribution is -2.37. The van der Waals surface area contributed by atoms with Gasteiger partial charge in [0.15, 0.2) is 5.82 Å². The van der Waals surface area contributed by atoms with Gasteiger partial charge in [-0.25, -0.2) is 4.98 Å². The Morgan fingerprint density at radius 1 is 1.06 bits per heavy atom. The van der Waals surface area contributed by atoms with Crippen LogP contribution in [0.15, 0.2) is 47.3 Å². The van der Waals surface area contributed by atoms with Gasteiger partial charge in [-0.05, 0) is 43.5 Å². The summed E-state index contributed by atoms with van der Waals surface area (Å²) in [6, 6.07) is 12.8. The topological polar surface area (TPSA) is 85.7 Å². The summed E-state index contributed by atoms with van der Waals surface area (Å²) in [6.07, 6.45) is 3.41. The van der Waals surface area contributed by atoms with E-state index in [4.69, 9.17) is 9.47 Å². The van der Waals surface area contributed by atoms with Gasteiger partial charge in [0.05, 0.1) is 30.9 Å². The minimum Gasteiger partial charge on any atom is -0.497 e. The van der Waals surface area contributed by atoms with Crippen LogP contribution < -0.4 is 25.2 Å². The lowest BCUT2D eigenvalue weighted by Gasteiger charge is -2.27. The molecule has 0 spiro atoms. The average molecular weight is 437 g/mol. The maximum absolute atomic E-state index is 13.3. The third-order valence-electron chi connectivity index (χ3n) is 5.73. The molecule has 8 heteroatoms. The van der Waals surface area contributed by atoms with Gasteiger partial charge in [-0.2, -0.15) is 0 Å². The van der Waals surface area contributed by atoms with E-state index in [1.54, 1.807) is 37.0 Å². The Balaban J connectivity index is 1.58. The van der Waals surface area contributed by atoms with Crippen molar-refractivity contribution < 1.29 is 14.3 Å². The molecule has 32 heavy (non-hydrogen) atoms. The van der Waals surface area contributed by atoms with Gasteiger partial charge in [-0.1, -0.05) is 12.1 Å². The van der Waals surface area contributed by atoms with Crippen molar-refractivity contribution in [3.8, 4) is 11.5 Å². The fraction of sp³-hybridized carbons (Fsp3) is 0.375. The molecule has 1 aliphatic rings. The number of aromatic nitrogens is 2. The number of anilines is 2. The van der Waals surface area contributed by atoms with E-state index in [1.807, 2.05) is 24.3 Å². The molecule has 4 rings (SSSR count). The van der Waals surface area contributed by atoms with Crippen LogP contribution in [0.4, 0.5) is 11.5 Å². The molecule has 0 radical (unpaired) electrons. The van der Waals surface area contributed by atoms with E-state index in [1.165, 1.54) is 6.42 Å². The van der Waals surface area contributed by atoms with E-state index in [2.05, 4.69) is 15.2 Å². The van der Waals surface area contributed by atoms with Crippen molar-refractivity contribution in [2.45, 2.75) is 32.2 Å². The summed E-state index contributed by atoms with van der Waals surface area (Å²) in [5.41, 5.74) is 1.85. The minimum atomic E-state index is -0.219. The Bertz CT molecular complexity index is 1170. The zero-order chi connectivity index (χ0) is 22.5. The van der Waals surface area contributed by atoms with Crippen LogP contribution in [0.25, 0.3) is 11.0 Å². The Morgan fingerprint density at radius 3 is 2.59 bits per heavy atom. The first-order valence-corrected chi connectivity index (χ1v) is 10.9. The van der Waals surface area contributed by atoms with Gasteiger partial charge in [0.25, 0.3) is 5.56 Å². The summed E-state index contributed by atoms with van der Waals surface area (Å²) in [6.45, 7) is 1.91. The van der Waals surface area contributed by atoms with Crippen molar-refractivity contribution in [2.24, 2.45) is 0 Å². The molecule has 1 amide bonds. The van der Waals surface area contributed by atoms with Gasteiger partial charge < -0.3 is 24.3 Å². The highest BCUT2D eigenvalue weighted by molar-refractivity contribution is 5.92. The molecule has 1 fully saturated rings. The number of carbonyl (C=O) groups excluding carboxylic acids is 1. The number of nitrogens with one attached hydrogen (secondary N) is 1. The highest BCUT2D eigenvalue weighted by Gasteiger charge is 2.19. The number of hydrogen-bond donors (Lipinski definition) is 1. The number of methoxy groups -OCH3 is 2. The number of para-hydroxylation sites is 2. The third-order valence-corrected chi connectivity index (χ3v) is 5.73. The lowest BCUT2D eigenvalue weighted by molar-refractivity contribution is -0.116. The van der Waals surface area contributed by atoms with Crippen molar-refractivity contribution >= 4 is 28.4 Å². The SMILES string of the molecule is COc1ccc(OC)c(NC(=O)CCn2c(=O)c(N3CCCCC3)nc3ccccc32)c1. The summed E-state index contributed by atoms with van der Waals surface area (Å²) >= 11 is 0. The highest BCUT2D eigenvalue weighted by atomic mass is 16.5. The number of rotatable bonds is 7. The second kappa shape index (κ2) is 9.72. The second-order valence-corrected chi connectivity index (χ2v) is 7.79. The predicted octanol–water partition coefficient (Wildman–Crippen LogP) is 3.43. The van der Waals surface area contributed by atoms with Gasteiger partial charge in [-0.15, -0.1) is 0 Å².